The third kappa shape index (κ3) is 3.32. The van der Waals surface area contributed by atoms with E-state index in [-0.39, 0.29) is 11.7 Å². The lowest BCUT2D eigenvalue weighted by Gasteiger charge is -2.43. The summed E-state index contributed by atoms with van der Waals surface area (Å²) < 4.78 is 12.4. The predicted molar refractivity (Wildman–Crippen MR) is 89.2 cm³/mol. The van der Waals surface area contributed by atoms with Gasteiger partial charge < -0.3 is 15.2 Å². The Morgan fingerprint density at radius 3 is 2.76 bits per heavy atom. The summed E-state index contributed by atoms with van der Waals surface area (Å²) in [6.45, 7) is 4.92. The second kappa shape index (κ2) is 6.09. The number of hydrogen-bond acceptors (Lipinski definition) is 4. The molecule has 2 aliphatic rings. The van der Waals surface area contributed by atoms with E-state index in [2.05, 4.69) is 13.0 Å². The first-order chi connectivity index (χ1) is 10.1. The molecule has 0 amide bonds. The zero-order chi connectivity index (χ0) is 14.9. The van der Waals surface area contributed by atoms with Crippen LogP contribution in [-0.2, 0) is 4.74 Å². The van der Waals surface area contributed by atoms with E-state index in [9.17, 15) is 0 Å². The highest BCUT2D eigenvalue weighted by atomic mass is 32.2. The van der Waals surface area contributed by atoms with Gasteiger partial charge in [-0.2, -0.15) is 11.8 Å². The molecule has 3 nitrogen and oxygen atoms in total. The summed E-state index contributed by atoms with van der Waals surface area (Å²) in [6, 6.07) is 4.08. The normalized spacial score (nSPS) is 25.0. The third-order valence-electron chi connectivity index (χ3n) is 4.71. The fourth-order valence-electron chi connectivity index (χ4n) is 3.29. The number of anilines is 1. The van der Waals surface area contributed by atoms with E-state index in [1.807, 2.05) is 24.8 Å². The van der Waals surface area contributed by atoms with Crippen LogP contribution in [0.3, 0.4) is 0 Å². The van der Waals surface area contributed by atoms with Crippen molar-refractivity contribution in [2.45, 2.75) is 51.2 Å². The summed E-state index contributed by atoms with van der Waals surface area (Å²) in [7, 11) is 0. The molecule has 1 aromatic rings. The van der Waals surface area contributed by atoms with Gasteiger partial charge in [-0.05, 0) is 61.5 Å². The lowest BCUT2D eigenvalue weighted by Crippen LogP contribution is -2.46. The molecule has 0 radical (unpaired) electrons. The van der Waals surface area contributed by atoms with Gasteiger partial charge in [0, 0.05) is 18.5 Å². The number of hydrogen-bond donors (Lipinski definition) is 1. The van der Waals surface area contributed by atoms with Crippen molar-refractivity contribution in [3.05, 3.63) is 23.3 Å². The number of benzene rings is 1. The minimum absolute atomic E-state index is 0.0743. The Kier molecular flexibility index (Phi) is 4.36. The Morgan fingerprint density at radius 2 is 2.00 bits per heavy atom. The van der Waals surface area contributed by atoms with Crippen molar-refractivity contribution >= 4 is 17.4 Å². The average molecular weight is 307 g/mol. The molecule has 2 saturated heterocycles. The number of nitrogen functional groups attached to an aromatic ring is 1. The zero-order valence-electron chi connectivity index (χ0n) is 13.0. The van der Waals surface area contributed by atoms with Crippen molar-refractivity contribution in [1.82, 2.24) is 0 Å². The monoisotopic (exact) mass is 307 g/mol. The topological polar surface area (TPSA) is 44.5 Å². The van der Waals surface area contributed by atoms with Gasteiger partial charge in [0.15, 0.2) is 0 Å². The van der Waals surface area contributed by atoms with Crippen molar-refractivity contribution in [3.63, 3.8) is 0 Å². The largest absolute Gasteiger partial charge is 0.490 e. The van der Waals surface area contributed by atoms with Crippen LogP contribution >= 0.6 is 11.8 Å². The van der Waals surface area contributed by atoms with E-state index in [1.165, 1.54) is 11.5 Å². The summed E-state index contributed by atoms with van der Waals surface area (Å²) >= 11 is 2.04. The van der Waals surface area contributed by atoms with Crippen LogP contribution in [0.5, 0.6) is 5.75 Å². The molecule has 2 aliphatic heterocycles. The zero-order valence-corrected chi connectivity index (χ0v) is 13.8. The van der Waals surface area contributed by atoms with Crippen molar-refractivity contribution in [2.24, 2.45) is 0 Å². The molecule has 0 saturated carbocycles. The van der Waals surface area contributed by atoms with Gasteiger partial charge in [-0.25, -0.2) is 0 Å². The molecule has 21 heavy (non-hydrogen) atoms. The maximum Gasteiger partial charge on any atom is 0.123 e. The molecule has 1 aromatic carbocycles. The summed E-state index contributed by atoms with van der Waals surface area (Å²) in [6.07, 6.45) is 4.60. The smallest absolute Gasteiger partial charge is 0.123 e. The van der Waals surface area contributed by atoms with Gasteiger partial charge in [0.05, 0.1) is 12.2 Å². The van der Waals surface area contributed by atoms with Crippen LogP contribution in [0.15, 0.2) is 12.1 Å². The van der Waals surface area contributed by atoms with Gasteiger partial charge in [-0.1, -0.05) is 0 Å². The molecule has 2 fully saturated rings. The van der Waals surface area contributed by atoms with E-state index in [1.54, 1.807) is 0 Å². The van der Waals surface area contributed by atoms with Crippen molar-refractivity contribution in [2.75, 3.05) is 23.8 Å². The van der Waals surface area contributed by atoms with E-state index < -0.39 is 0 Å². The number of nitrogens with two attached hydrogens (primary N) is 1. The van der Waals surface area contributed by atoms with Crippen molar-refractivity contribution < 1.29 is 9.47 Å². The van der Waals surface area contributed by atoms with E-state index in [0.29, 0.717) is 0 Å². The molecular formula is C17H25NO2S. The molecule has 2 heterocycles. The average Bonchev–Trinajstić information content (AvgIpc) is 2.46. The highest BCUT2D eigenvalue weighted by Crippen LogP contribution is 2.39. The first-order valence-electron chi connectivity index (χ1n) is 7.83. The summed E-state index contributed by atoms with van der Waals surface area (Å²) in [5.41, 5.74) is 9.08. The molecule has 1 unspecified atom stereocenters. The molecule has 116 valence electrons. The number of rotatable bonds is 2. The first-order valence-corrected chi connectivity index (χ1v) is 8.99. The van der Waals surface area contributed by atoms with Crippen molar-refractivity contribution in [3.8, 4) is 5.75 Å². The summed E-state index contributed by atoms with van der Waals surface area (Å²) in [5, 5.41) is 0. The number of aryl methyl sites for hydroxylation is 2. The Bertz CT molecular complexity index is 506. The molecule has 1 atom stereocenters. The quantitative estimate of drug-likeness (QED) is 0.846. The summed E-state index contributed by atoms with van der Waals surface area (Å²) in [4.78, 5) is 0. The number of thioether (sulfide) groups is 1. The van der Waals surface area contributed by atoms with Crippen LogP contribution in [0, 0.1) is 13.8 Å². The minimum atomic E-state index is 0.0743. The lowest BCUT2D eigenvalue weighted by atomic mass is 9.86. The molecule has 1 spiro atoms. The fourth-order valence-corrected chi connectivity index (χ4v) is 4.53. The van der Waals surface area contributed by atoms with Crippen LogP contribution in [0.1, 0.15) is 36.8 Å². The van der Waals surface area contributed by atoms with Crippen LogP contribution in [0.4, 0.5) is 5.69 Å². The third-order valence-corrected chi connectivity index (χ3v) is 5.69. The Morgan fingerprint density at radius 1 is 1.24 bits per heavy atom. The molecule has 3 rings (SSSR count). The number of ether oxygens (including phenoxy) is 2. The van der Waals surface area contributed by atoms with Crippen molar-refractivity contribution in [1.29, 1.82) is 0 Å². The molecule has 0 bridgehead atoms. The SMILES string of the molecule is Cc1cc(OC2CCOC3(CCSCC3)C2)c(C)cc1N. The maximum absolute atomic E-state index is 6.31. The minimum Gasteiger partial charge on any atom is -0.490 e. The summed E-state index contributed by atoms with van der Waals surface area (Å²) in [5.74, 6) is 3.41. The van der Waals surface area contributed by atoms with E-state index >= 15 is 0 Å². The molecule has 4 heteroatoms. The highest BCUT2D eigenvalue weighted by molar-refractivity contribution is 7.99. The molecule has 0 aromatic heterocycles. The van der Waals surface area contributed by atoms with E-state index in [4.69, 9.17) is 15.2 Å². The van der Waals surface area contributed by atoms with Crippen LogP contribution in [0.2, 0.25) is 0 Å². The Labute approximate surface area is 131 Å². The van der Waals surface area contributed by atoms with Gasteiger partial charge in [0.25, 0.3) is 0 Å². The standard InChI is InChI=1S/C17H25NO2S/c1-12-10-16(13(2)9-15(12)18)20-14-3-6-19-17(11-14)4-7-21-8-5-17/h9-10,14H,3-8,11,18H2,1-2H3. The van der Waals surface area contributed by atoms with Crippen LogP contribution in [0.25, 0.3) is 0 Å². The predicted octanol–water partition coefficient (Wildman–Crippen LogP) is 3.71. The molecular weight excluding hydrogens is 282 g/mol. The Balaban J connectivity index is 1.71. The van der Waals surface area contributed by atoms with Gasteiger partial charge in [-0.15, -0.1) is 0 Å². The second-order valence-electron chi connectivity index (χ2n) is 6.35. The molecule has 0 aliphatic carbocycles. The molecule has 2 N–H and O–H groups in total. The lowest BCUT2D eigenvalue weighted by molar-refractivity contribution is -0.116. The van der Waals surface area contributed by atoms with Crippen LogP contribution in [-0.4, -0.2) is 29.8 Å². The Hall–Kier alpha value is -0.870. The fraction of sp³-hybridized carbons (Fsp3) is 0.647. The van der Waals surface area contributed by atoms with Crippen LogP contribution < -0.4 is 10.5 Å². The second-order valence-corrected chi connectivity index (χ2v) is 7.58. The van der Waals surface area contributed by atoms with Gasteiger partial charge >= 0.3 is 0 Å². The van der Waals surface area contributed by atoms with Gasteiger partial charge in [0.1, 0.15) is 11.9 Å². The first kappa shape index (κ1) is 15.0. The van der Waals surface area contributed by atoms with E-state index in [0.717, 1.165) is 54.9 Å². The highest BCUT2D eigenvalue weighted by Gasteiger charge is 2.39. The van der Waals surface area contributed by atoms with Gasteiger partial charge in [-0.3, -0.25) is 0 Å². The van der Waals surface area contributed by atoms with Gasteiger partial charge in [0.2, 0.25) is 0 Å². The maximum atomic E-state index is 6.31.